The minimum absolute atomic E-state index is 0.176. The molecule has 0 bridgehead atoms. The molecule has 2 amide bonds. The summed E-state index contributed by atoms with van der Waals surface area (Å²) in [6.45, 7) is 1.40. The third-order valence-corrected chi connectivity index (χ3v) is 4.06. The number of nitrogens with one attached hydrogen (secondary N) is 1. The number of nitrogens with zero attached hydrogens (tertiary/aromatic N) is 4. The fourth-order valence-electron chi connectivity index (χ4n) is 3.00. The predicted octanol–water partition coefficient (Wildman–Crippen LogP) is 2.09. The average molecular weight is 325 g/mol. The van der Waals surface area contributed by atoms with E-state index in [1.807, 2.05) is 0 Å². The summed E-state index contributed by atoms with van der Waals surface area (Å²) in [6, 6.07) is 5.17. The van der Waals surface area contributed by atoms with Crippen LogP contribution in [0.2, 0.25) is 0 Å². The summed E-state index contributed by atoms with van der Waals surface area (Å²) in [5.41, 5.74) is 1.36. The Bertz CT molecular complexity index is 876. The van der Waals surface area contributed by atoms with Crippen LogP contribution in [0.1, 0.15) is 26.2 Å². The van der Waals surface area contributed by atoms with E-state index < -0.39 is 0 Å². The van der Waals surface area contributed by atoms with Gasteiger partial charge in [-0.15, -0.1) is 0 Å². The zero-order chi connectivity index (χ0) is 16.7. The molecule has 2 aromatic rings. The van der Waals surface area contributed by atoms with Gasteiger partial charge >= 0.3 is 0 Å². The van der Waals surface area contributed by atoms with Crippen molar-refractivity contribution in [2.45, 2.75) is 26.2 Å². The van der Waals surface area contributed by atoms with Crippen molar-refractivity contribution in [3.8, 4) is 11.5 Å². The summed E-state index contributed by atoms with van der Waals surface area (Å²) in [7, 11) is 0. The van der Waals surface area contributed by atoms with E-state index >= 15 is 0 Å². The number of rotatable bonds is 2. The Morgan fingerprint density at radius 3 is 3.04 bits per heavy atom. The average Bonchev–Trinajstić information content (AvgIpc) is 3.26. The van der Waals surface area contributed by atoms with Gasteiger partial charge in [0.2, 0.25) is 5.91 Å². The predicted molar refractivity (Wildman–Crippen MR) is 86.8 cm³/mol. The molecule has 1 N–H and O–H groups in total. The lowest BCUT2D eigenvalue weighted by Crippen LogP contribution is -2.28. The highest BCUT2D eigenvalue weighted by Crippen LogP contribution is 2.28. The Morgan fingerprint density at radius 1 is 1.42 bits per heavy atom. The number of hydrogen-bond donors (Lipinski definition) is 1. The molecule has 24 heavy (non-hydrogen) atoms. The van der Waals surface area contributed by atoms with Gasteiger partial charge in [0.15, 0.2) is 5.76 Å². The van der Waals surface area contributed by atoms with Crippen LogP contribution in [0.15, 0.2) is 38.9 Å². The summed E-state index contributed by atoms with van der Waals surface area (Å²) in [5.74, 6) is 0.469. The summed E-state index contributed by atoms with van der Waals surface area (Å²) in [4.78, 5) is 32.2. The van der Waals surface area contributed by atoms with E-state index in [9.17, 15) is 9.59 Å². The van der Waals surface area contributed by atoms with E-state index in [1.165, 1.54) is 17.9 Å². The van der Waals surface area contributed by atoms with Crippen molar-refractivity contribution in [3.05, 3.63) is 24.5 Å². The topological polar surface area (TPSA) is 102 Å². The van der Waals surface area contributed by atoms with Crippen molar-refractivity contribution >= 4 is 29.3 Å². The monoisotopic (exact) mass is 325 g/mol. The molecule has 1 atom stereocenters. The number of anilines is 1. The lowest BCUT2D eigenvalue weighted by molar-refractivity contribution is -0.119. The van der Waals surface area contributed by atoms with Gasteiger partial charge in [-0.05, 0) is 31.4 Å². The van der Waals surface area contributed by atoms with Crippen LogP contribution in [0.25, 0.3) is 11.5 Å². The molecule has 1 unspecified atom stereocenters. The highest BCUT2D eigenvalue weighted by molar-refractivity contribution is 6.17. The number of fused-ring (bicyclic) bond motifs is 1. The molecule has 0 saturated heterocycles. The maximum Gasteiger partial charge on any atom is 0.257 e. The minimum atomic E-state index is -0.253. The minimum Gasteiger partial charge on any atom is -0.463 e. The van der Waals surface area contributed by atoms with Gasteiger partial charge in [-0.1, -0.05) is 0 Å². The number of aromatic nitrogens is 2. The highest BCUT2D eigenvalue weighted by atomic mass is 16.3. The van der Waals surface area contributed by atoms with Gasteiger partial charge in [-0.3, -0.25) is 9.59 Å². The number of carbonyl (C=O) groups excluding carboxylic acids is 2. The largest absolute Gasteiger partial charge is 0.463 e. The quantitative estimate of drug-likeness (QED) is 0.913. The first kappa shape index (κ1) is 14.6. The highest BCUT2D eigenvalue weighted by Gasteiger charge is 2.33. The molecule has 8 nitrogen and oxygen atoms in total. The van der Waals surface area contributed by atoms with Crippen molar-refractivity contribution in [1.29, 1.82) is 0 Å². The van der Waals surface area contributed by atoms with Crippen LogP contribution in [-0.4, -0.2) is 33.3 Å². The Labute approximate surface area is 137 Å². The fraction of sp³-hybridized carbons (Fsp3) is 0.312. The third kappa shape index (κ3) is 2.45. The SMILES string of the molecule is CC(=O)Nc1cc(-c2ccco2)nn1C1=NC(=O)C2CCCC2=N1. The first-order valence-electron chi connectivity index (χ1n) is 7.74. The van der Waals surface area contributed by atoms with Crippen LogP contribution in [0.4, 0.5) is 5.82 Å². The maximum atomic E-state index is 12.2. The molecule has 1 aliphatic heterocycles. The lowest BCUT2D eigenvalue weighted by atomic mass is 10.1. The molecule has 1 aliphatic carbocycles. The second-order valence-corrected chi connectivity index (χ2v) is 5.78. The van der Waals surface area contributed by atoms with Crippen molar-refractivity contribution in [2.24, 2.45) is 15.9 Å². The Balaban J connectivity index is 1.79. The number of carbonyl (C=O) groups is 2. The maximum absolute atomic E-state index is 12.2. The van der Waals surface area contributed by atoms with Gasteiger partial charge in [0.05, 0.1) is 12.2 Å². The number of hydrogen-bond acceptors (Lipinski definition) is 5. The second kappa shape index (κ2) is 5.55. The van der Waals surface area contributed by atoms with E-state index in [0.717, 1.165) is 25.0 Å². The Hall–Kier alpha value is -3.03. The Kier molecular flexibility index (Phi) is 3.37. The van der Waals surface area contributed by atoms with E-state index in [0.29, 0.717) is 17.3 Å². The molecule has 0 aromatic carbocycles. The first-order chi connectivity index (χ1) is 11.6. The first-order valence-corrected chi connectivity index (χ1v) is 7.74. The molecule has 1 saturated carbocycles. The molecule has 0 radical (unpaired) electrons. The van der Waals surface area contributed by atoms with E-state index in [1.54, 1.807) is 18.2 Å². The van der Waals surface area contributed by atoms with E-state index in [-0.39, 0.29) is 23.7 Å². The molecule has 122 valence electrons. The zero-order valence-corrected chi connectivity index (χ0v) is 13.0. The smallest absolute Gasteiger partial charge is 0.257 e. The molecular formula is C16H15N5O3. The van der Waals surface area contributed by atoms with Crippen LogP contribution < -0.4 is 5.32 Å². The van der Waals surface area contributed by atoms with Crippen LogP contribution in [0.3, 0.4) is 0 Å². The van der Waals surface area contributed by atoms with Gasteiger partial charge < -0.3 is 9.73 Å². The summed E-state index contributed by atoms with van der Waals surface area (Å²) >= 11 is 0. The molecule has 2 aromatic heterocycles. The van der Waals surface area contributed by atoms with Crippen molar-refractivity contribution in [3.63, 3.8) is 0 Å². The van der Waals surface area contributed by atoms with Gasteiger partial charge in [-0.25, -0.2) is 4.99 Å². The number of amides is 2. The second-order valence-electron chi connectivity index (χ2n) is 5.78. The molecular weight excluding hydrogens is 310 g/mol. The van der Waals surface area contributed by atoms with Crippen LogP contribution in [0, 0.1) is 5.92 Å². The van der Waals surface area contributed by atoms with E-state index in [2.05, 4.69) is 20.4 Å². The van der Waals surface area contributed by atoms with Crippen LogP contribution in [-0.2, 0) is 9.59 Å². The summed E-state index contributed by atoms with van der Waals surface area (Å²) < 4.78 is 6.71. The summed E-state index contributed by atoms with van der Waals surface area (Å²) in [6.07, 6.45) is 4.06. The van der Waals surface area contributed by atoms with Crippen molar-refractivity contribution < 1.29 is 14.0 Å². The molecule has 1 fully saturated rings. The van der Waals surface area contributed by atoms with Crippen LogP contribution >= 0.6 is 0 Å². The van der Waals surface area contributed by atoms with Crippen molar-refractivity contribution in [1.82, 2.24) is 9.78 Å². The van der Waals surface area contributed by atoms with Gasteiger partial charge in [-0.2, -0.15) is 14.8 Å². The third-order valence-electron chi connectivity index (χ3n) is 4.06. The molecule has 8 heteroatoms. The standard InChI is InChI=1S/C16H15N5O3/c1-9(22)17-14-8-12(13-6-3-7-24-13)20-21(14)16-18-11-5-2-4-10(11)15(23)19-16/h3,6-8,10H,2,4-5H2,1H3,(H,17,22). The van der Waals surface area contributed by atoms with Gasteiger partial charge in [0, 0.05) is 18.7 Å². The fourth-order valence-corrected chi connectivity index (χ4v) is 3.00. The zero-order valence-electron chi connectivity index (χ0n) is 13.0. The molecule has 4 rings (SSSR count). The lowest BCUT2D eigenvalue weighted by Gasteiger charge is -2.15. The van der Waals surface area contributed by atoms with Gasteiger partial charge in [0.25, 0.3) is 11.9 Å². The normalized spacial score (nSPS) is 19.7. The molecule has 3 heterocycles. The van der Waals surface area contributed by atoms with Gasteiger partial charge in [0.1, 0.15) is 11.5 Å². The molecule has 0 spiro atoms. The Morgan fingerprint density at radius 2 is 2.29 bits per heavy atom. The van der Waals surface area contributed by atoms with Crippen LogP contribution in [0.5, 0.6) is 0 Å². The number of aliphatic imine (C=N–C) groups is 2. The number of furan rings is 1. The van der Waals surface area contributed by atoms with E-state index in [4.69, 9.17) is 4.42 Å². The molecule has 2 aliphatic rings. The summed E-state index contributed by atoms with van der Waals surface area (Å²) in [5, 5.41) is 7.08. The van der Waals surface area contributed by atoms with Crippen molar-refractivity contribution in [2.75, 3.05) is 5.32 Å².